The van der Waals surface area contributed by atoms with Gasteiger partial charge >= 0.3 is 0 Å². The van der Waals surface area contributed by atoms with E-state index in [2.05, 4.69) is 20.1 Å². The summed E-state index contributed by atoms with van der Waals surface area (Å²) in [5.41, 5.74) is 17.6. The van der Waals surface area contributed by atoms with Gasteiger partial charge in [-0.15, -0.1) is 0 Å². The molecule has 1 aromatic rings. The van der Waals surface area contributed by atoms with E-state index in [4.69, 9.17) is 11.1 Å². The molecular weight excluding hydrogens is 192 g/mol. The van der Waals surface area contributed by atoms with Crippen molar-refractivity contribution in [3.8, 4) is 0 Å². The molecule has 0 fully saturated rings. The van der Waals surface area contributed by atoms with Crippen molar-refractivity contribution in [2.45, 2.75) is 19.0 Å². The Kier molecular flexibility index (Phi) is 4.04. The number of azide groups is 2. The van der Waals surface area contributed by atoms with Crippen LogP contribution in [0.1, 0.15) is 18.5 Å². The van der Waals surface area contributed by atoms with Crippen LogP contribution in [0, 0.1) is 0 Å². The first-order valence-corrected chi connectivity index (χ1v) is 4.43. The Hall–Kier alpha value is -2.16. The summed E-state index contributed by atoms with van der Waals surface area (Å²) in [6.45, 7) is 1.71. The lowest BCUT2D eigenvalue weighted by molar-refractivity contribution is 0.583. The molecule has 0 aliphatic rings. The molecule has 2 atom stereocenters. The minimum absolute atomic E-state index is 0.395. The summed E-state index contributed by atoms with van der Waals surface area (Å²) in [5, 5.41) is 7.16. The van der Waals surface area contributed by atoms with Crippen molar-refractivity contribution in [3.63, 3.8) is 0 Å². The largest absolute Gasteiger partial charge is 0.0901 e. The van der Waals surface area contributed by atoms with Gasteiger partial charge in [0, 0.05) is 15.9 Å². The van der Waals surface area contributed by atoms with Gasteiger partial charge in [0.05, 0.1) is 6.04 Å². The lowest BCUT2D eigenvalue weighted by Gasteiger charge is -2.14. The highest BCUT2D eigenvalue weighted by Crippen LogP contribution is 2.23. The molecular formula is C9H10N6. The van der Waals surface area contributed by atoms with Gasteiger partial charge in [-0.25, -0.2) is 0 Å². The molecule has 15 heavy (non-hydrogen) atoms. The average Bonchev–Trinajstić information content (AvgIpc) is 2.27. The molecule has 6 nitrogen and oxygen atoms in total. The van der Waals surface area contributed by atoms with Crippen LogP contribution in [0.5, 0.6) is 0 Å². The molecule has 0 aliphatic heterocycles. The third-order valence-electron chi connectivity index (χ3n) is 2.01. The maximum atomic E-state index is 8.44. The fraction of sp³-hybridized carbons (Fsp3) is 0.333. The van der Waals surface area contributed by atoms with Crippen LogP contribution in [-0.4, -0.2) is 6.04 Å². The van der Waals surface area contributed by atoms with Gasteiger partial charge in [0.2, 0.25) is 0 Å². The Balaban J connectivity index is 3.03. The molecule has 0 amide bonds. The van der Waals surface area contributed by atoms with E-state index < -0.39 is 12.1 Å². The predicted octanol–water partition coefficient (Wildman–Crippen LogP) is 3.74. The quantitative estimate of drug-likeness (QED) is 0.403. The van der Waals surface area contributed by atoms with Gasteiger partial charge in [-0.3, -0.25) is 0 Å². The normalized spacial score (nSPS) is 13.1. The summed E-state index contributed by atoms with van der Waals surface area (Å²) in [7, 11) is 0. The van der Waals surface area contributed by atoms with Gasteiger partial charge in [-0.05, 0) is 16.6 Å². The van der Waals surface area contributed by atoms with Crippen LogP contribution in [-0.2, 0) is 0 Å². The van der Waals surface area contributed by atoms with Crippen LogP contribution in [0.25, 0.3) is 20.9 Å². The van der Waals surface area contributed by atoms with E-state index in [9.17, 15) is 0 Å². The molecule has 0 N–H and O–H groups in total. The Morgan fingerprint density at radius 2 is 1.67 bits per heavy atom. The maximum Gasteiger partial charge on any atom is 0.0706 e. The number of hydrogen-bond acceptors (Lipinski definition) is 2. The second-order valence-electron chi connectivity index (χ2n) is 3.01. The highest BCUT2D eigenvalue weighted by Gasteiger charge is 2.15. The Labute approximate surface area is 86.8 Å². The van der Waals surface area contributed by atoms with Crippen LogP contribution in [0.15, 0.2) is 40.6 Å². The molecule has 0 unspecified atom stereocenters. The fourth-order valence-electron chi connectivity index (χ4n) is 1.29. The molecule has 1 rings (SSSR count). The predicted molar refractivity (Wildman–Crippen MR) is 56.9 cm³/mol. The van der Waals surface area contributed by atoms with Crippen molar-refractivity contribution in [1.29, 1.82) is 0 Å². The van der Waals surface area contributed by atoms with Gasteiger partial charge in [0.1, 0.15) is 0 Å². The molecule has 0 bridgehead atoms. The topological polar surface area (TPSA) is 97.5 Å². The smallest absolute Gasteiger partial charge is 0.0706 e. The summed E-state index contributed by atoms with van der Waals surface area (Å²) in [5.74, 6) is 0. The van der Waals surface area contributed by atoms with Crippen LogP contribution >= 0.6 is 0 Å². The lowest BCUT2D eigenvalue weighted by Crippen LogP contribution is -2.09. The monoisotopic (exact) mass is 202 g/mol. The van der Waals surface area contributed by atoms with Crippen molar-refractivity contribution in [2.24, 2.45) is 10.2 Å². The standard InChI is InChI=1S/C9H10N6/c1-7(12-14-10)9(13-15-11)8-5-3-2-4-6-8/h2-7,9H,1H3/t7-,9+/m1/s1. The van der Waals surface area contributed by atoms with E-state index in [1.807, 2.05) is 30.3 Å². The van der Waals surface area contributed by atoms with E-state index in [0.717, 1.165) is 5.56 Å². The van der Waals surface area contributed by atoms with Crippen molar-refractivity contribution in [1.82, 2.24) is 0 Å². The van der Waals surface area contributed by atoms with Gasteiger partial charge in [0.25, 0.3) is 0 Å². The number of benzene rings is 1. The van der Waals surface area contributed by atoms with Crippen LogP contribution in [0.4, 0.5) is 0 Å². The molecule has 1 aromatic carbocycles. The zero-order chi connectivity index (χ0) is 11.1. The van der Waals surface area contributed by atoms with E-state index in [0.29, 0.717) is 0 Å². The summed E-state index contributed by atoms with van der Waals surface area (Å²) in [6.07, 6.45) is 0. The van der Waals surface area contributed by atoms with Crippen molar-refractivity contribution >= 4 is 0 Å². The molecule has 0 aromatic heterocycles. The average molecular weight is 202 g/mol. The minimum atomic E-state index is -0.452. The fourth-order valence-corrected chi connectivity index (χ4v) is 1.29. The van der Waals surface area contributed by atoms with Crippen LogP contribution in [0.3, 0.4) is 0 Å². The SMILES string of the molecule is C[C@@H](N=[N+]=[N-])[C@H](N=[N+]=[N-])c1ccccc1. The maximum absolute atomic E-state index is 8.44. The lowest BCUT2D eigenvalue weighted by atomic mass is 10.0. The second kappa shape index (κ2) is 5.54. The van der Waals surface area contributed by atoms with E-state index >= 15 is 0 Å². The van der Waals surface area contributed by atoms with Crippen LogP contribution < -0.4 is 0 Å². The Morgan fingerprint density at radius 1 is 1.07 bits per heavy atom. The highest BCUT2D eigenvalue weighted by molar-refractivity contribution is 5.20. The summed E-state index contributed by atoms with van der Waals surface area (Å²) >= 11 is 0. The van der Waals surface area contributed by atoms with Crippen molar-refractivity contribution in [3.05, 3.63) is 56.8 Å². The van der Waals surface area contributed by atoms with Gasteiger partial charge in [-0.1, -0.05) is 47.5 Å². The van der Waals surface area contributed by atoms with Gasteiger partial charge < -0.3 is 0 Å². The molecule has 0 radical (unpaired) electrons. The molecule has 6 heteroatoms. The van der Waals surface area contributed by atoms with Crippen LogP contribution in [0.2, 0.25) is 0 Å². The highest BCUT2D eigenvalue weighted by atomic mass is 15.2. The molecule has 0 heterocycles. The second-order valence-corrected chi connectivity index (χ2v) is 3.01. The summed E-state index contributed by atoms with van der Waals surface area (Å²) < 4.78 is 0. The number of nitrogens with zero attached hydrogens (tertiary/aromatic N) is 6. The molecule has 0 aliphatic carbocycles. The third-order valence-corrected chi connectivity index (χ3v) is 2.01. The Bertz CT molecular complexity index is 402. The minimum Gasteiger partial charge on any atom is -0.0901 e. The van der Waals surface area contributed by atoms with Crippen molar-refractivity contribution in [2.75, 3.05) is 0 Å². The first-order chi connectivity index (χ1) is 7.29. The zero-order valence-electron chi connectivity index (χ0n) is 8.22. The molecule has 0 spiro atoms. The van der Waals surface area contributed by atoms with Gasteiger partial charge in [0.15, 0.2) is 0 Å². The van der Waals surface area contributed by atoms with E-state index in [1.165, 1.54) is 0 Å². The van der Waals surface area contributed by atoms with E-state index in [-0.39, 0.29) is 0 Å². The molecule has 76 valence electrons. The molecule has 0 saturated carbocycles. The number of hydrogen-bond donors (Lipinski definition) is 0. The van der Waals surface area contributed by atoms with Gasteiger partial charge in [-0.2, -0.15) is 0 Å². The first-order valence-electron chi connectivity index (χ1n) is 4.43. The zero-order valence-corrected chi connectivity index (χ0v) is 8.22. The van der Waals surface area contributed by atoms with E-state index in [1.54, 1.807) is 6.92 Å². The Morgan fingerprint density at radius 3 is 2.20 bits per heavy atom. The number of rotatable bonds is 4. The third kappa shape index (κ3) is 2.91. The van der Waals surface area contributed by atoms with Crippen molar-refractivity contribution < 1.29 is 0 Å². The molecule has 0 saturated heterocycles. The summed E-state index contributed by atoms with van der Waals surface area (Å²) in [6, 6.07) is 8.39. The first kappa shape index (κ1) is 10.9. The summed E-state index contributed by atoms with van der Waals surface area (Å²) in [4.78, 5) is 5.46.